The van der Waals surface area contributed by atoms with Crippen molar-refractivity contribution in [3.05, 3.63) is 0 Å². The van der Waals surface area contributed by atoms with E-state index < -0.39 is 64.2 Å². The lowest BCUT2D eigenvalue weighted by atomic mass is 9.88. The van der Waals surface area contributed by atoms with Crippen LogP contribution >= 0.6 is 0 Å². The summed E-state index contributed by atoms with van der Waals surface area (Å²) in [5.41, 5.74) is 12.4. The zero-order valence-corrected chi connectivity index (χ0v) is 31.9. The molecule has 2 amide bonds. The van der Waals surface area contributed by atoms with E-state index in [0.717, 1.165) is 0 Å². The van der Waals surface area contributed by atoms with Crippen LogP contribution < -0.4 is 43.8 Å². The number of ether oxygens (including phenoxy) is 6. The quantitative estimate of drug-likeness (QED) is 0.00977. The Bertz CT molecular complexity index is 1210. The van der Waals surface area contributed by atoms with Crippen LogP contribution in [-0.2, 0) is 52.4 Å². The number of nitrogens with one attached hydrogen (secondary N) is 6. The van der Waals surface area contributed by atoms with Crippen LogP contribution in [0.5, 0.6) is 0 Å². The minimum absolute atomic E-state index is 0.0346. The number of carbonyl (C=O) groups excluding carboxylic acids is 5. The van der Waals surface area contributed by atoms with Gasteiger partial charge in [0.15, 0.2) is 5.96 Å². The molecule has 12 N–H and O–H groups in total. The monoisotopic (exact) mass is 759 g/mol. The van der Waals surface area contributed by atoms with E-state index in [9.17, 15) is 24.0 Å². The molecular formula is C33H61N9O11. The van der Waals surface area contributed by atoms with Crippen molar-refractivity contribution in [1.29, 1.82) is 5.41 Å². The lowest BCUT2D eigenvalue weighted by molar-refractivity contribution is -0.177. The Morgan fingerprint density at radius 3 is 1.60 bits per heavy atom. The summed E-state index contributed by atoms with van der Waals surface area (Å²) in [5.74, 6) is -2.91. The van der Waals surface area contributed by atoms with Crippen molar-refractivity contribution >= 4 is 35.7 Å². The SMILES string of the molecule is CC(C)(N)C(=O)OCC(COCC(=O)NCCOCCOCCNC(=O)C(N)CNC(=N)N)(COC(=O)C(C)(C)C1CN1)COC(=O)C(C)(C)C1CN1. The standard InChI is InChI=1S/C33H61N9O11/c1-30(2,22-14-40-22)26(45)51-18-33(20-53-28(47)32(5,6)37,19-52-27(46)31(3,4)23-15-41-23)17-50-16-24(43)38-7-9-48-11-12-49-10-8-39-25(44)21(34)13-42-29(35)36/h21-23,40-41H,7-20,34,37H2,1-6H3,(H,38,43)(H,39,44)(H4,35,36,42). The van der Waals surface area contributed by atoms with E-state index in [4.69, 9.17) is 51.0 Å². The predicted molar refractivity (Wildman–Crippen MR) is 191 cm³/mol. The second-order valence-electron chi connectivity index (χ2n) is 15.1. The first-order valence-corrected chi connectivity index (χ1v) is 17.6. The molecule has 0 radical (unpaired) electrons. The smallest absolute Gasteiger partial charge is 0.325 e. The van der Waals surface area contributed by atoms with Gasteiger partial charge in [-0.05, 0) is 41.5 Å². The Morgan fingerprint density at radius 2 is 1.17 bits per heavy atom. The van der Waals surface area contributed by atoms with Crippen LogP contribution in [-0.4, -0.2) is 152 Å². The molecule has 0 saturated carbocycles. The third-order valence-electron chi connectivity index (χ3n) is 8.64. The molecule has 20 nitrogen and oxygen atoms in total. The maximum absolute atomic E-state index is 13.1. The van der Waals surface area contributed by atoms with E-state index in [1.807, 2.05) is 0 Å². The topological polar surface area (TPSA) is 323 Å². The summed E-state index contributed by atoms with van der Waals surface area (Å²) in [6, 6.07) is -0.985. The molecule has 0 spiro atoms. The van der Waals surface area contributed by atoms with E-state index in [0.29, 0.717) is 13.1 Å². The number of hydrogen-bond acceptors (Lipinski definition) is 16. The lowest BCUT2D eigenvalue weighted by Crippen LogP contribution is -2.49. The molecular weight excluding hydrogens is 698 g/mol. The number of rotatable bonds is 27. The van der Waals surface area contributed by atoms with Crippen molar-refractivity contribution in [3.63, 3.8) is 0 Å². The van der Waals surface area contributed by atoms with Gasteiger partial charge in [0.25, 0.3) is 0 Å². The average Bonchev–Trinajstić information content (AvgIpc) is 4.00. The number of carbonyl (C=O) groups is 5. The Morgan fingerprint density at radius 1 is 0.717 bits per heavy atom. The molecule has 2 saturated heterocycles. The Labute approximate surface area is 310 Å². The maximum atomic E-state index is 13.1. The highest BCUT2D eigenvalue weighted by molar-refractivity contribution is 5.83. The molecule has 2 aliphatic rings. The second kappa shape index (κ2) is 20.7. The molecule has 3 unspecified atom stereocenters. The van der Waals surface area contributed by atoms with E-state index in [1.54, 1.807) is 27.7 Å². The van der Waals surface area contributed by atoms with Crippen molar-refractivity contribution < 1.29 is 52.4 Å². The molecule has 304 valence electrons. The molecule has 2 fully saturated rings. The molecule has 2 rings (SSSR count). The first-order valence-electron chi connectivity index (χ1n) is 17.6. The highest BCUT2D eigenvalue weighted by Gasteiger charge is 2.48. The summed E-state index contributed by atoms with van der Waals surface area (Å²) in [7, 11) is 0. The fourth-order valence-corrected chi connectivity index (χ4v) is 4.57. The van der Waals surface area contributed by atoms with Crippen molar-refractivity contribution in [1.82, 2.24) is 26.6 Å². The van der Waals surface area contributed by atoms with Gasteiger partial charge in [-0.2, -0.15) is 0 Å². The molecule has 53 heavy (non-hydrogen) atoms. The van der Waals surface area contributed by atoms with Crippen LogP contribution in [0.2, 0.25) is 0 Å². The highest BCUT2D eigenvalue weighted by Crippen LogP contribution is 2.32. The van der Waals surface area contributed by atoms with Crippen LogP contribution in [0.25, 0.3) is 0 Å². The van der Waals surface area contributed by atoms with E-state index >= 15 is 0 Å². The first-order chi connectivity index (χ1) is 24.7. The van der Waals surface area contributed by atoms with Gasteiger partial charge in [-0.25, -0.2) is 0 Å². The van der Waals surface area contributed by atoms with Crippen LogP contribution in [0, 0.1) is 21.7 Å². The van der Waals surface area contributed by atoms with E-state index in [1.165, 1.54) is 13.8 Å². The second-order valence-corrected chi connectivity index (χ2v) is 15.1. The molecule has 20 heteroatoms. The Hall–Kier alpha value is -3.66. The summed E-state index contributed by atoms with van der Waals surface area (Å²) >= 11 is 0. The lowest BCUT2D eigenvalue weighted by Gasteiger charge is -2.35. The average molecular weight is 760 g/mol. The zero-order chi connectivity index (χ0) is 39.9. The third-order valence-corrected chi connectivity index (χ3v) is 8.64. The molecule has 0 aromatic carbocycles. The number of hydrogen-bond donors (Lipinski definition) is 9. The number of guanidine groups is 1. The Kier molecular flexibility index (Phi) is 17.8. The van der Waals surface area contributed by atoms with Gasteiger partial charge in [0.1, 0.15) is 38.0 Å². The fraction of sp³-hybridized carbons (Fsp3) is 0.818. The molecule has 0 aromatic heterocycles. The highest BCUT2D eigenvalue weighted by atomic mass is 16.6. The summed E-state index contributed by atoms with van der Waals surface area (Å²) in [6.45, 7) is 10.9. The molecule has 2 heterocycles. The largest absolute Gasteiger partial charge is 0.464 e. The van der Waals surface area contributed by atoms with Gasteiger partial charge >= 0.3 is 17.9 Å². The van der Waals surface area contributed by atoms with Gasteiger partial charge in [-0.15, -0.1) is 0 Å². The fourth-order valence-electron chi connectivity index (χ4n) is 4.57. The normalized spacial score (nSPS) is 18.5. The molecule has 0 bridgehead atoms. The van der Waals surface area contributed by atoms with Crippen LogP contribution in [0.4, 0.5) is 0 Å². The number of nitrogens with two attached hydrogens (primary N) is 3. The van der Waals surface area contributed by atoms with Gasteiger partial charge in [-0.3, -0.25) is 29.4 Å². The minimum Gasteiger partial charge on any atom is -0.464 e. The first kappa shape index (κ1) is 45.5. The molecule has 0 aromatic rings. The predicted octanol–water partition coefficient (Wildman–Crippen LogP) is -3.57. The van der Waals surface area contributed by atoms with Crippen LogP contribution in [0.3, 0.4) is 0 Å². The van der Waals surface area contributed by atoms with Crippen LogP contribution in [0.15, 0.2) is 0 Å². The molecule has 3 atom stereocenters. The van der Waals surface area contributed by atoms with Crippen LogP contribution in [0.1, 0.15) is 41.5 Å². The van der Waals surface area contributed by atoms with Crippen molar-refractivity contribution in [2.24, 2.45) is 33.4 Å². The van der Waals surface area contributed by atoms with E-state index in [-0.39, 0.29) is 90.5 Å². The van der Waals surface area contributed by atoms with Gasteiger partial charge < -0.3 is 72.2 Å². The number of amides is 2. The molecule has 0 aliphatic carbocycles. The van der Waals surface area contributed by atoms with Crippen molar-refractivity contribution in [2.75, 3.05) is 92.2 Å². The summed E-state index contributed by atoms with van der Waals surface area (Å²) in [5, 5.41) is 21.1. The zero-order valence-electron chi connectivity index (χ0n) is 31.9. The van der Waals surface area contributed by atoms with Gasteiger partial charge in [-0.1, -0.05) is 0 Å². The van der Waals surface area contributed by atoms with Gasteiger partial charge in [0, 0.05) is 44.8 Å². The summed E-state index contributed by atoms with van der Waals surface area (Å²) < 4.78 is 33.7. The van der Waals surface area contributed by atoms with Gasteiger partial charge in [0.2, 0.25) is 11.8 Å². The minimum atomic E-state index is -1.38. The molecule has 2 aliphatic heterocycles. The maximum Gasteiger partial charge on any atom is 0.325 e. The van der Waals surface area contributed by atoms with Crippen molar-refractivity contribution in [2.45, 2.75) is 65.2 Å². The summed E-state index contributed by atoms with van der Waals surface area (Å²) in [4.78, 5) is 63.5. The Balaban J connectivity index is 1.87. The van der Waals surface area contributed by atoms with E-state index in [2.05, 4.69) is 26.6 Å². The number of esters is 3. The summed E-state index contributed by atoms with van der Waals surface area (Å²) in [6.07, 6.45) is 0. The van der Waals surface area contributed by atoms with Crippen molar-refractivity contribution in [3.8, 4) is 0 Å². The van der Waals surface area contributed by atoms with Gasteiger partial charge in [0.05, 0.1) is 49.3 Å². The third kappa shape index (κ3) is 16.5.